The van der Waals surface area contributed by atoms with Crippen molar-refractivity contribution in [1.82, 2.24) is 20.3 Å². The van der Waals surface area contributed by atoms with Gasteiger partial charge in [-0.3, -0.25) is 19.6 Å². The molecule has 0 aliphatic heterocycles. The lowest BCUT2D eigenvalue weighted by molar-refractivity contribution is -0.136. The van der Waals surface area contributed by atoms with Crippen LogP contribution in [0.2, 0.25) is 0 Å². The molecule has 0 aliphatic rings. The van der Waals surface area contributed by atoms with E-state index in [0.717, 1.165) is 16.8 Å². The minimum absolute atomic E-state index is 0.200. The summed E-state index contributed by atoms with van der Waals surface area (Å²) in [5, 5.41) is 12.6. The summed E-state index contributed by atoms with van der Waals surface area (Å²) in [5.41, 5.74) is 3.16. The van der Waals surface area contributed by atoms with Crippen molar-refractivity contribution in [3.63, 3.8) is 0 Å². The van der Waals surface area contributed by atoms with Gasteiger partial charge in [-0.2, -0.15) is 5.10 Å². The fourth-order valence-electron chi connectivity index (χ4n) is 2.35. The molecule has 2 heterocycles. The molecule has 2 aromatic heterocycles. The number of benzene rings is 1. The van der Waals surface area contributed by atoms with E-state index in [-0.39, 0.29) is 5.82 Å². The number of carbonyl (C=O) groups is 2. The van der Waals surface area contributed by atoms with E-state index < -0.39 is 11.8 Å². The number of rotatable bonds is 5. The first kappa shape index (κ1) is 16.4. The van der Waals surface area contributed by atoms with E-state index in [0.29, 0.717) is 13.0 Å². The van der Waals surface area contributed by atoms with Gasteiger partial charge in [-0.25, -0.2) is 0 Å². The molecule has 0 radical (unpaired) electrons. The molecule has 0 saturated heterocycles. The van der Waals surface area contributed by atoms with Gasteiger partial charge in [0.05, 0.1) is 5.69 Å². The van der Waals surface area contributed by atoms with E-state index in [1.54, 1.807) is 6.20 Å². The molecule has 0 spiro atoms. The maximum Gasteiger partial charge on any atom is 0.314 e. The van der Waals surface area contributed by atoms with Gasteiger partial charge in [-0.15, -0.1) is 0 Å². The third-order valence-electron chi connectivity index (χ3n) is 3.66. The number of carbonyl (C=O) groups excluding carboxylic acids is 2. The van der Waals surface area contributed by atoms with Crippen LogP contribution >= 0.6 is 0 Å². The van der Waals surface area contributed by atoms with Gasteiger partial charge in [0.1, 0.15) is 6.26 Å². The number of amides is 2. The number of anilines is 1. The summed E-state index contributed by atoms with van der Waals surface area (Å²) < 4.78 is 6.38. The molecule has 2 N–H and O–H groups in total. The lowest BCUT2D eigenvalue weighted by Crippen LogP contribution is -2.36. The van der Waals surface area contributed by atoms with E-state index in [9.17, 15) is 9.59 Å². The summed E-state index contributed by atoms with van der Waals surface area (Å²) in [4.78, 5) is 23.4. The van der Waals surface area contributed by atoms with Crippen molar-refractivity contribution in [1.29, 1.82) is 0 Å². The standard InChI is InChI=1S/C17H17N5O3/c1-22-14(7-10-19-22)13-4-2-12(3-5-13)6-9-18-16(23)17(24)20-15-8-11-25-21-15/h2-5,7-8,10-11H,6,9H2,1H3,(H,18,23)(H,20,21,24). The average Bonchev–Trinajstić information content (AvgIpc) is 3.27. The predicted molar refractivity (Wildman–Crippen MR) is 90.5 cm³/mol. The summed E-state index contributed by atoms with van der Waals surface area (Å²) in [6.07, 6.45) is 3.68. The van der Waals surface area contributed by atoms with Gasteiger partial charge < -0.3 is 9.84 Å². The summed E-state index contributed by atoms with van der Waals surface area (Å²) in [5.74, 6) is -1.29. The molecule has 0 fully saturated rings. The second-order valence-electron chi connectivity index (χ2n) is 5.38. The van der Waals surface area contributed by atoms with E-state index in [4.69, 9.17) is 0 Å². The quantitative estimate of drug-likeness (QED) is 0.684. The van der Waals surface area contributed by atoms with Crippen LogP contribution in [0.3, 0.4) is 0 Å². The fraction of sp³-hybridized carbons (Fsp3) is 0.176. The van der Waals surface area contributed by atoms with Crippen LogP contribution in [0.5, 0.6) is 0 Å². The lowest BCUT2D eigenvalue weighted by atomic mass is 10.1. The van der Waals surface area contributed by atoms with Crippen LogP contribution in [0.1, 0.15) is 5.56 Å². The van der Waals surface area contributed by atoms with Crippen molar-refractivity contribution >= 4 is 17.6 Å². The third-order valence-corrected chi connectivity index (χ3v) is 3.66. The maximum atomic E-state index is 11.7. The van der Waals surface area contributed by atoms with E-state index in [1.807, 2.05) is 42.1 Å². The zero-order valence-corrected chi connectivity index (χ0v) is 13.6. The van der Waals surface area contributed by atoms with E-state index >= 15 is 0 Å². The van der Waals surface area contributed by atoms with Gasteiger partial charge in [0.25, 0.3) is 0 Å². The van der Waals surface area contributed by atoms with Crippen LogP contribution in [-0.2, 0) is 23.1 Å². The van der Waals surface area contributed by atoms with Crippen LogP contribution in [-0.4, -0.2) is 33.3 Å². The second kappa shape index (κ2) is 7.43. The van der Waals surface area contributed by atoms with Crippen LogP contribution in [0.25, 0.3) is 11.3 Å². The van der Waals surface area contributed by atoms with E-state index in [2.05, 4.69) is 25.4 Å². The summed E-state index contributed by atoms with van der Waals surface area (Å²) in [6, 6.07) is 11.4. The highest BCUT2D eigenvalue weighted by atomic mass is 16.5. The topological polar surface area (TPSA) is 102 Å². The van der Waals surface area contributed by atoms with Crippen molar-refractivity contribution in [3.05, 3.63) is 54.4 Å². The molecule has 0 bridgehead atoms. The molecule has 8 heteroatoms. The molecule has 3 aromatic rings. The van der Waals surface area contributed by atoms with Crippen molar-refractivity contribution in [2.45, 2.75) is 6.42 Å². The fourth-order valence-corrected chi connectivity index (χ4v) is 2.35. The van der Waals surface area contributed by atoms with Crippen LogP contribution in [0.4, 0.5) is 5.82 Å². The van der Waals surface area contributed by atoms with Crippen molar-refractivity contribution in [3.8, 4) is 11.3 Å². The Hall–Kier alpha value is -3.42. The summed E-state index contributed by atoms with van der Waals surface area (Å²) in [6.45, 7) is 0.357. The Balaban J connectivity index is 1.48. The largest absolute Gasteiger partial charge is 0.363 e. The Morgan fingerprint density at radius 1 is 1.12 bits per heavy atom. The SMILES string of the molecule is Cn1nccc1-c1ccc(CCNC(=O)C(=O)Nc2ccon2)cc1. The number of nitrogens with one attached hydrogen (secondary N) is 2. The third kappa shape index (κ3) is 4.11. The normalized spacial score (nSPS) is 10.4. The highest BCUT2D eigenvalue weighted by Gasteiger charge is 2.14. The summed E-state index contributed by atoms with van der Waals surface area (Å²) >= 11 is 0. The van der Waals surface area contributed by atoms with Gasteiger partial charge >= 0.3 is 11.8 Å². The van der Waals surface area contributed by atoms with E-state index in [1.165, 1.54) is 12.3 Å². The Morgan fingerprint density at radius 3 is 2.56 bits per heavy atom. The lowest BCUT2D eigenvalue weighted by Gasteiger charge is -2.06. The smallest absolute Gasteiger partial charge is 0.314 e. The second-order valence-corrected chi connectivity index (χ2v) is 5.38. The Labute approximate surface area is 143 Å². The number of aromatic nitrogens is 3. The molecular weight excluding hydrogens is 322 g/mol. The number of hydrogen-bond donors (Lipinski definition) is 2. The zero-order valence-electron chi connectivity index (χ0n) is 13.6. The van der Waals surface area contributed by atoms with Gasteiger partial charge in [0.2, 0.25) is 0 Å². The van der Waals surface area contributed by atoms with Crippen molar-refractivity contribution in [2.24, 2.45) is 7.05 Å². The first-order chi connectivity index (χ1) is 12.1. The van der Waals surface area contributed by atoms with Crippen LogP contribution in [0.15, 0.2) is 53.4 Å². The average molecular weight is 339 g/mol. The molecule has 0 aliphatic carbocycles. The highest BCUT2D eigenvalue weighted by molar-refractivity contribution is 6.39. The number of hydrogen-bond acceptors (Lipinski definition) is 5. The van der Waals surface area contributed by atoms with Crippen molar-refractivity contribution < 1.29 is 14.1 Å². The maximum absolute atomic E-state index is 11.7. The zero-order chi connectivity index (χ0) is 17.6. The molecule has 3 rings (SSSR count). The molecular formula is C17H17N5O3. The number of nitrogens with zero attached hydrogens (tertiary/aromatic N) is 3. The molecule has 0 saturated carbocycles. The molecule has 8 nitrogen and oxygen atoms in total. The molecule has 0 unspecified atom stereocenters. The minimum atomic E-state index is -0.777. The Morgan fingerprint density at radius 2 is 1.92 bits per heavy atom. The Bertz CT molecular complexity index is 853. The molecule has 128 valence electrons. The molecule has 0 atom stereocenters. The van der Waals surface area contributed by atoms with Crippen LogP contribution in [0, 0.1) is 0 Å². The highest BCUT2D eigenvalue weighted by Crippen LogP contribution is 2.18. The predicted octanol–water partition coefficient (Wildman–Crippen LogP) is 1.37. The van der Waals surface area contributed by atoms with Gasteiger partial charge in [-0.1, -0.05) is 29.4 Å². The van der Waals surface area contributed by atoms with Gasteiger partial charge in [0.15, 0.2) is 5.82 Å². The van der Waals surface area contributed by atoms with Gasteiger partial charge in [-0.05, 0) is 23.6 Å². The van der Waals surface area contributed by atoms with Crippen molar-refractivity contribution in [2.75, 3.05) is 11.9 Å². The van der Waals surface area contributed by atoms with Crippen LogP contribution < -0.4 is 10.6 Å². The monoisotopic (exact) mass is 339 g/mol. The molecule has 1 aromatic carbocycles. The minimum Gasteiger partial charge on any atom is -0.363 e. The van der Waals surface area contributed by atoms with Gasteiger partial charge in [0, 0.05) is 25.9 Å². The molecule has 25 heavy (non-hydrogen) atoms. The first-order valence-electron chi connectivity index (χ1n) is 7.70. The molecule has 2 amide bonds. The first-order valence-corrected chi connectivity index (χ1v) is 7.70. The number of aryl methyl sites for hydroxylation is 1. The Kier molecular flexibility index (Phi) is 4.89. The summed E-state index contributed by atoms with van der Waals surface area (Å²) in [7, 11) is 1.89.